The second-order valence-electron chi connectivity index (χ2n) is 6.26. The molecule has 1 unspecified atom stereocenters. The molecule has 1 aromatic carbocycles. The number of phenolic OH excluding ortho intramolecular Hbond substituents is 1. The Morgan fingerprint density at radius 1 is 1.48 bits per heavy atom. The largest absolute Gasteiger partial charge is 0.507 e. The van der Waals surface area contributed by atoms with E-state index in [9.17, 15) is 9.90 Å². The minimum absolute atomic E-state index is 0.0597. The van der Waals surface area contributed by atoms with Gasteiger partial charge < -0.3 is 9.84 Å². The van der Waals surface area contributed by atoms with E-state index in [0.29, 0.717) is 28.7 Å². The molecule has 0 aliphatic heterocycles. The molecule has 0 saturated heterocycles. The predicted octanol–water partition coefficient (Wildman–Crippen LogP) is 3.74. The van der Waals surface area contributed by atoms with Crippen molar-refractivity contribution in [2.24, 2.45) is 11.0 Å². The molecular formula is C19H22N2O3S. The number of rotatable bonds is 5. The Labute approximate surface area is 151 Å². The van der Waals surface area contributed by atoms with Crippen LogP contribution in [0.3, 0.4) is 0 Å². The first-order valence-electron chi connectivity index (χ1n) is 8.47. The third-order valence-electron chi connectivity index (χ3n) is 4.24. The molecule has 132 valence electrons. The standard InChI is InChI=1S/C19H22N2O3S/c1-3-24-15-6-5-13(16(22)10-15)11-20-21-19(23)18-9-14-8-12(2)4-7-17(14)25-18/h5-6,9-12,22H,3-4,7-8H2,1-2H3,(H,21,23). The maximum absolute atomic E-state index is 12.3. The van der Waals surface area contributed by atoms with Crippen molar-refractivity contribution in [2.75, 3.05) is 6.61 Å². The minimum atomic E-state index is -0.214. The van der Waals surface area contributed by atoms with Crippen molar-refractivity contribution in [1.82, 2.24) is 5.43 Å². The van der Waals surface area contributed by atoms with Gasteiger partial charge in [0.25, 0.3) is 5.91 Å². The zero-order valence-electron chi connectivity index (χ0n) is 14.4. The van der Waals surface area contributed by atoms with Crippen LogP contribution in [0.4, 0.5) is 0 Å². The summed E-state index contributed by atoms with van der Waals surface area (Å²) in [5.41, 5.74) is 4.34. The molecule has 0 bridgehead atoms. The van der Waals surface area contributed by atoms with Crippen molar-refractivity contribution in [1.29, 1.82) is 0 Å². The summed E-state index contributed by atoms with van der Waals surface area (Å²) in [5, 5.41) is 13.9. The highest BCUT2D eigenvalue weighted by Crippen LogP contribution is 2.32. The van der Waals surface area contributed by atoms with E-state index < -0.39 is 0 Å². The fraction of sp³-hybridized carbons (Fsp3) is 0.368. The van der Waals surface area contributed by atoms with Crippen molar-refractivity contribution < 1.29 is 14.6 Å². The SMILES string of the molecule is CCOc1ccc(C=NNC(=O)c2cc3c(s2)CCC(C)C3)c(O)c1. The quantitative estimate of drug-likeness (QED) is 0.632. The van der Waals surface area contributed by atoms with Crippen molar-refractivity contribution in [3.05, 3.63) is 45.1 Å². The van der Waals surface area contributed by atoms with Gasteiger partial charge in [0, 0.05) is 16.5 Å². The molecule has 6 heteroatoms. The second-order valence-corrected chi connectivity index (χ2v) is 7.40. The average molecular weight is 358 g/mol. The van der Waals surface area contributed by atoms with Gasteiger partial charge in [-0.3, -0.25) is 4.79 Å². The molecule has 1 aliphatic rings. The highest BCUT2D eigenvalue weighted by Gasteiger charge is 2.20. The second kappa shape index (κ2) is 7.70. The normalized spacial score (nSPS) is 16.6. The fourth-order valence-corrected chi connectivity index (χ4v) is 4.02. The van der Waals surface area contributed by atoms with Crippen LogP contribution in [0.2, 0.25) is 0 Å². The number of hydrogen-bond donors (Lipinski definition) is 2. The number of hydrazone groups is 1. The summed E-state index contributed by atoms with van der Waals surface area (Å²) in [7, 11) is 0. The zero-order valence-corrected chi connectivity index (χ0v) is 15.2. The molecule has 0 fully saturated rings. The van der Waals surface area contributed by atoms with E-state index in [-0.39, 0.29) is 11.7 Å². The average Bonchev–Trinajstić information content (AvgIpc) is 3.00. The van der Waals surface area contributed by atoms with Gasteiger partial charge in [0.15, 0.2) is 0 Å². The van der Waals surface area contributed by atoms with E-state index in [2.05, 4.69) is 17.5 Å². The molecule has 0 radical (unpaired) electrons. The summed E-state index contributed by atoms with van der Waals surface area (Å²) >= 11 is 1.55. The van der Waals surface area contributed by atoms with E-state index in [0.717, 1.165) is 12.8 Å². The van der Waals surface area contributed by atoms with E-state index in [1.807, 2.05) is 13.0 Å². The molecular weight excluding hydrogens is 336 g/mol. The number of thiophene rings is 1. The zero-order chi connectivity index (χ0) is 17.8. The Morgan fingerprint density at radius 3 is 3.08 bits per heavy atom. The summed E-state index contributed by atoms with van der Waals surface area (Å²) in [6.45, 7) is 4.66. The molecule has 1 aromatic heterocycles. The monoisotopic (exact) mass is 358 g/mol. The van der Waals surface area contributed by atoms with Gasteiger partial charge in [0.2, 0.25) is 0 Å². The Kier molecular flexibility index (Phi) is 5.38. The Bertz CT molecular complexity index is 798. The number of aromatic hydroxyl groups is 1. The molecule has 3 rings (SSSR count). The molecule has 0 saturated carbocycles. The van der Waals surface area contributed by atoms with Gasteiger partial charge in [-0.05, 0) is 55.9 Å². The smallest absolute Gasteiger partial charge is 0.281 e. The molecule has 2 N–H and O–H groups in total. The highest BCUT2D eigenvalue weighted by atomic mass is 32.1. The number of nitrogens with zero attached hydrogens (tertiary/aromatic N) is 1. The Morgan fingerprint density at radius 2 is 2.32 bits per heavy atom. The van der Waals surface area contributed by atoms with Crippen molar-refractivity contribution in [3.63, 3.8) is 0 Å². The number of phenols is 1. The first kappa shape index (κ1) is 17.5. The lowest BCUT2D eigenvalue weighted by atomic mass is 9.90. The molecule has 2 aromatic rings. The third-order valence-corrected chi connectivity index (χ3v) is 5.47. The summed E-state index contributed by atoms with van der Waals surface area (Å²) in [4.78, 5) is 14.3. The number of carbonyl (C=O) groups is 1. The third kappa shape index (κ3) is 4.20. The van der Waals surface area contributed by atoms with Gasteiger partial charge >= 0.3 is 0 Å². The molecule has 1 aliphatic carbocycles. The number of hydrogen-bond acceptors (Lipinski definition) is 5. The van der Waals surface area contributed by atoms with Gasteiger partial charge in [-0.15, -0.1) is 11.3 Å². The lowest BCUT2D eigenvalue weighted by molar-refractivity contribution is 0.0959. The van der Waals surface area contributed by atoms with Gasteiger partial charge in [-0.2, -0.15) is 5.10 Å². The van der Waals surface area contributed by atoms with Crippen molar-refractivity contribution in [2.45, 2.75) is 33.1 Å². The molecule has 1 amide bonds. The van der Waals surface area contributed by atoms with Crippen LogP contribution in [0.1, 0.15) is 45.9 Å². The Hall–Kier alpha value is -2.34. The number of amides is 1. The fourth-order valence-electron chi connectivity index (χ4n) is 2.92. The van der Waals surface area contributed by atoms with E-state index in [1.165, 1.54) is 29.1 Å². The summed E-state index contributed by atoms with van der Waals surface area (Å²) in [5.74, 6) is 1.12. The van der Waals surface area contributed by atoms with Crippen LogP contribution < -0.4 is 10.2 Å². The topological polar surface area (TPSA) is 70.9 Å². The van der Waals surface area contributed by atoms with E-state index in [1.54, 1.807) is 23.5 Å². The van der Waals surface area contributed by atoms with Crippen LogP contribution in [0.15, 0.2) is 29.4 Å². The summed E-state index contributed by atoms with van der Waals surface area (Å²) < 4.78 is 5.32. The summed E-state index contributed by atoms with van der Waals surface area (Å²) in [6.07, 6.45) is 4.71. The predicted molar refractivity (Wildman–Crippen MR) is 99.8 cm³/mol. The molecule has 5 nitrogen and oxygen atoms in total. The first-order chi connectivity index (χ1) is 12.1. The van der Waals surface area contributed by atoms with Crippen LogP contribution in [0, 0.1) is 5.92 Å². The van der Waals surface area contributed by atoms with Gasteiger partial charge in [0.1, 0.15) is 11.5 Å². The number of carbonyl (C=O) groups excluding carboxylic acids is 1. The van der Waals surface area contributed by atoms with Crippen LogP contribution in [0.25, 0.3) is 0 Å². The highest BCUT2D eigenvalue weighted by molar-refractivity contribution is 7.14. The van der Waals surface area contributed by atoms with E-state index in [4.69, 9.17) is 4.74 Å². The van der Waals surface area contributed by atoms with Gasteiger partial charge in [0.05, 0.1) is 17.7 Å². The molecule has 0 spiro atoms. The number of nitrogens with one attached hydrogen (secondary N) is 1. The lowest BCUT2D eigenvalue weighted by Crippen LogP contribution is -2.16. The first-order valence-corrected chi connectivity index (χ1v) is 9.29. The number of aryl methyl sites for hydroxylation is 1. The van der Waals surface area contributed by atoms with E-state index >= 15 is 0 Å². The van der Waals surface area contributed by atoms with Crippen molar-refractivity contribution >= 4 is 23.5 Å². The number of ether oxygens (including phenoxy) is 1. The maximum Gasteiger partial charge on any atom is 0.281 e. The summed E-state index contributed by atoms with van der Waals surface area (Å²) in [6, 6.07) is 6.96. The molecule has 25 heavy (non-hydrogen) atoms. The lowest BCUT2D eigenvalue weighted by Gasteiger charge is -2.16. The van der Waals surface area contributed by atoms with Crippen molar-refractivity contribution in [3.8, 4) is 11.5 Å². The van der Waals surface area contributed by atoms with Crippen LogP contribution in [-0.2, 0) is 12.8 Å². The van der Waals surface area contributed by atoms with Gasteiger partial charge in [-0.25, -0.2) is 5.43 Å². The van der Waals surface area contributed by atoms with Crippen LogP contribution in [-0.4, -0.2) is 23.8 Å². The minimum Gasteiger partial charge on any atom is -0.507 e. The Balaban J connectivity index is 1.63. The molecule has 1 atom stereocenters. The number of benzene rings is 1. The van der Waals surface area contributed by atoms with Gasteiger partial charge in [-0.1, -0.05) is 6.92 Å². The number of fused-ring (bicyclic) bond motifs is 1. The van der Waals surface area contributed by atoms with Crippen LogP contribution >= 0.6 is 11.3 Å². The van der Waals surface area contributed by atoms with Crippen LogP contribution in [0.5, 0.6) is 11.5 Å². The molecule has 1 heterocycles. The maximum atomic E-state index is 12.3.